The highest BCUT2D eigenvalue weighted by atomic mass is 16.6. The van der Waals surface area contributed by atoms with E-state index in [2.05, 4.69) is 5.43 Å². The van der Waals surface area contributed by atoms with E-state index in [-0.39, 0.29) is 18.1 Å². The molecular weight excluding hydrogens is 252 g/mol. The number of carbonyl (C=O) groups is 2. The molecule has 7 nitrogen and oxygen atoms in total. The fourth-order valence-corrected chi connectivity index (χ4v) is 1.17. The molecule has 0 aliphatic rings. The average Bonchev–Trinajstić information content (AvgIpc) is 2.76. The second-order valence-electron chi connectivity index (χ2n) is 4.29. The first kappa shape index (κ1) is 14.9. The molecule has 1 aromatic rings. The number of hydrogen-bond acceptors (Lipinski definition) is 5. The van der Waals surface area contributed by atoms with Gasteiger partial charge in [0.2, 0.25) is 5.88 Å². The molecule has 0 atom stereocenters. The molecule has 2 amide bonds. The molecule has 0 aliphatic carbocycles. The summed E-state index contributed by atoms with van der Waals surface area (Å²) in [6.07, 6.45) is -0.786. The van der Waals surface area contributed by atoms with Gasteiger partial charge < -0.3 is 13.9 Å². The van der Waals surface area contributed by atoms with Gasteiger partial charge >= 0.3 is 12.2 Å². The van der Waals surface area contributed by atoms with Crippen LogP contribution in [-0.2, 0) is 9.47 Å². The lowest BCUT2D eigenvalue weighted by Crippen LogP contribution is -2.48. The van der Waals surface area contributed by atoms with Crippen LogP contribution in [0, 0.1) is 0 Å². The molecule has 0 fully saturated rings. The average molecular weight is 270 g/mol. The maximum absolute atomic E-state index is 11.8. The quantitative estimate of drug-likeness (QED) is 0.854. The van der Waals surface area contributed by atoms with Gasteiger partial charge in [-0.25, -0.2) is 15.0 Å². The van der Waals surface area contributed by atoms with Crippen molar-refractivity contribution in [2.24, 2.45) is 0 Å². The first-order valence-electron chi connectivity index (χ1n) is 5.91. The van der Waals surface area contributed by atoms with Gasteiger partial charge in [0.05, 0.1) is 18.5 Å². The fraction of sp³-hybridized carbons (Fsp3) is 0.500. The lowest BCUT2D eigenvalue weighted by atomic mass is 10.5. The first-order valence-corrected chi connectivity index (χ1v) is 5.91. The number of furan rings is 1. The first-order chi connectivity index (χ1) is 8.90. The molecular formula is C12H18N2O5. The smallest absolute Gasteiger partial charge is 0.436 e. The van der Waals surface area contributed by atoms with Gasteiger partial charge in [0.15, 0.2) is 0 Å². The second-order valence-corrected chi connectivity index (χ2v) is 4.29. The van der Waals surface area contributed by atoms with Gasteiger partial charge in [-0.15, -0.1) is 5.01 Å². The Morgan fingerprint density at radius 1 is 1.21 bits per heavy atom. The molecule has 0 radical (unpaired) electrons. The van der Waals surface area contributed by atoms with E-state index in [0.29, 0.717) is 0 Å². The standard InChI is InChI=1S/C12H18N2O5/c1-8(2)18-11(15)13-14(10-6-5-7-17-10)12(16)19-9(3)4/h5-9H,1-4H3,(H,13,15). The van der Waals surface area contributed by atoms with Gasteiger partial charge in [-0.1, -0.05) is 0 Å². The van der Waals surface area contributed by atoms with E-state index in [1.165, 1.54) is 12.3 Å². The summed E-state index contributed by atoms with van der Waals surface area (Å²) in [5.74, 6) is 0.131. The van der Waals surface area contributed by atoms with Gasteiger partial charge in [-0.2, -0.15) is 0 Å². The van der Waals surface area contributed by atoms with Crippen LogP contribution in [0.4, 0.5) is 15.5 Å². The number of rotatable bonds is 3. The molecule has 1 aromatic heterocycles. The number of hydrogen-bond donors (Lipinski definition) is 1. The number of carbonyl (C=O) groups excluding carboxylic acids is 2. The van der Waals surface area contributed by atoms with Crippen molar-refractivity contribution >= 4 is 18.1 Å². The molecule has 1 N–H and O–H groups in total. The Labute approximate surface area is 111 Å². The monoisotopic (exact) mass is 270 g/mol. The molecule has 0 aliphatic heterocycles. The highest BCUT2D eigenvalue weighted by Gasteiger charge is 2.24. The lowest BCUT2D eigenvalue weighted by Gasteiger charge is -2.21. The number of anilines is 1. The Hall–Kier alpha value is -2.18. The molecule has 0 saturated carbocycles. The molecule has 7 heteroatoms. The van der Waals surface area contributed by atoms with Gasteiger partial charge in [0.25, 0.3) is 0 Å². The topological polar surface area (TPSA) is 81.0 Å². The number of ether oxygens (including phenoxy) is 2. The Bertz CT molecular complexity index is 414. The minimum Gasteiger partial charge on any atom is -0.446 e. The van der Waals surface area contributed by atoms with E-state index in [4.69, 9.17) is 13.9 Å². The molecule has 0 spiro atoms. The van der Waals surface area contributed by atoms with Gasteiger partial charge in [-0.05, 0) is 33.8 Å². The van der Waals surface area contributed by atoms with Crippen LogP contribution in [0.3, 0.4) is 0 Å². The van der Waals surface area contributed by atoms with Crippen molar-refractivity contribution in [3.8, 4) is 0 Å². The summed E-state index contributed by atoms with van der Waals surface area (Å²) < 4.78 is 15.0. The zero-order valence-corrected chi connectivity index (χ0v) is 11.4. The lowest BCUT2D eigenvalue weighted by molar-refractivity contribution is 0.102. The van der Waals surface area contributed by atoms with E-state index < -0.39 is 12.2 Å². The van der Waals surface area contributed by atoms with Crippen LogP contribution in [0.15, 0.2) is 22.8 Å². The van der Waals surface area contributed by atoms with Crippen LogP contribution in [0.5, 0.6) is 0 Å². The third-order valence-corrected chi connectivity index (χ3v) is 1.79. The minimum absolute atomic E-state index is 0.131. The summed E-state index contributed by atoms with van der Waals surface area (Å²) in [5.41, 5.74) is 2.26. The molecule has 19 heavy (non-hydrogen) atoms. The number of amides is 2. The summed E-state index contributed by atoms with van der Waals surface area (Å²) >= 11 is 0. The second kappa shape index (κ2) is 6.67. The number of nitrogens with zero attached hydrogens (tertiary/aromatic N) is 1. The molecule has 1 rings (SSSR count). The largest absolute Gasteiger partial charge is 0.446 e. The zero-order chi connectivity index (χ0) is 14.4. The predicted molar refractivity (Wildman–Crippen MR) is 67.6 cm³/mol. The number of hydrazine groups is 1. The van der Waals surface area contributed by atoms with Crippen LogP contribution in [0.2, 0.25) is 0 Å². The van der Waals surface area contributed by atoms with Crippen molar-refractivity contribution < 1.29 is 23.5 Å². The Morgan fingerprint density at radius 3 is 2.32 bits per heavy atom. The Morgan fingerprint density at radius 2 is 1.84 bits per heavy atom. The minimum atomic E-state index is -0.771. The van der Waals surface area contributed by atoms with E-state index in [9.17, 15) is 9.59 Å². The zero-order valence-electron chi connectivity index (χ0n) is 11.4. The Kier molecular flexibility index (Phi) is 5.23. The van der Waals surface area contributed by atoms with Crippen LogP contribution in [0.1, 0.15) is 27.7 Å². The summed E-state index contributed by atoms with van der Waals surface area (Å²) in [7, 11) is 0. The molecule has 106 valence electrons. The summed E-state index contributed by atoms with van der Waals surface area (Å²) in [6.45, 7) is 6.79. The van der Waals surface area contributed by atoms with Gasteiger partial charge in [0.1, 0.15) is 0 Å². The van der Waals surface area contributed by atoms with Gasteiger partial charge in [0, 0.05) is 6.07 Å². The van der Waals surface area contributed by atoms with E-state index >= 15 is 0 Å². The molecule has 0 aromatic carbocycles. The summed E-state index contributed by atoms with van der Waals surface area (Å²) in [6, 6.07) is 3.09. The van der Waals surface area contributed by atoms with Crippen molar-refractivity contribution in [1.82, 2.24) is 5.43 Å². The highest BCUT2D eigenvalue weighted by molar-refractivity contribution is 5.89. The predicted octanol–water partition coefficient (Wildman–Crippen LogP) is 2.68. The summed E-state index contributed by atoms with van der Waals surface area (Å²) in [5, 5.41) is 0.852. The molecule has 1 heterocycles. The van der Waals surface area contributed by atoms with Crippen LogP contribution >= 0.6 is 0 Å². The summed E-state index contributed by atoms with van der Waals surface area (Å²) in [4.78, 5) is 23.4. The van der Waals surface area contributed by atoms with Gasteiger partial charge in [-0.3, -0.25) is 0 Å². The molecule has 0 bridgehead atoms. The van der Waals surface area contributed by atoms with Crippen molar-refractivity contribution in [3.63, 3.8) is 0 Å². The molecule has 0 unspecified atom stereocenters. The van der Waals surface area contributed by atoms with E-state index in [1.54, 1.807) is 33.8 Å². The van der Waals surface area contributed by atoms with Crippen LogP contribution < -0.4 is 10.4 Å². The molecule has 0 saturated heterocycles. The highest BCUT2D eigenvalue weighted by Crippen LogP contribution is 2.14. The Balaban J connectivity index is 2.76. The van der Waals surface area contributed by atoms with Crippen LogP contribution in [0.25, 0.3) is 0 Å². The third-order valence-electron chi connectivity index (χ3n) is 1.79. The van der Waals surface area contributed by atoms with Crippen LogP contribution in [-0.4, -0.2) is 24.4 Å². The number of nitrogens with one attached hydrogen (secondary N) is 1. The maximum Gasteiger partial charge on any atom is 0.436 e. The van der Waals surface area contributed by atoms with Crippen molar-refractivity contribution in [3.05, 3.63) is 18.4 Å². The van der Waals surface area contributed by atoms with Crippen molar-refractivity contribution in [1.29, 1.82) is 0 Å². The third kappa shape index (κ3) is 4.90. The van der Waals surface area contributed by atoms with E-state index in [1.807, 2.05) is 0 Å². The van der Waals surface area contributed by atoms with E-state index in [0.717, 1.165) is 5.01 Å². The maximum atomic E-state index is 11.8. The fourth-order valence-electron chi connectivity index (χ4n) is 1.17. The normalized spacial score (nSPS) is 10.4. The SMILES string of the molecule is CC(C)OC(=O)NN(C(=O)OC(C)C)c1ccco1. The van der Waals surface area contributed by atoms with Crippen molar-refractivity contribution in [2.75, 3.05) is 5.01 Å². The van der Waals surface area contributed by atoms with Crippen molar-refractivity contribution in [2.45, 2.75) is 39.9 Å².